The second kappa shape index (κ2) is 11.6. The maximum atomic E-state index is 12.2. The summed E-state index contributed by atoms with van der Waals surface area (Å²) in [5.74, 6) is -0.851. The van der Waals surface area contributed by atoms with Crippen molar-refractivity contribution in [2.24, 2.45) is 0 Å². The minimum absolute atomic E-state index is 0.0417. The Morgan fingerprint density at radius 2 is 1.60 bits per heavy atom. The topological polar surface area (TPSA) is 93.7 Å². The lowest BCUT2D eigenvalue weighted by Crippen LogP contribution is -2.28. The van der Waals surface area contributed by atoms with E-state index in [0.29, 0.717) is 11.3 Å². The number of hydrogen-bond donors (Lipinski definition) is 2. The number of rotatable bonds is 10. The first-order chi connectivity index (χ1) is 14.5. The summed E-state index contributed by atoms with van der Waals surface area (Å²) in [6.45, 7) is 3.75. The quantitative estimate of drug-likeness (QED) is 0.585. The lowest BCUT2D eigenvalue weighted by atomic mass is 10.0. The third-order valence-corrected chi connectivity index (χ3v) is 4.59. The Balaban J connectivity index is 1.78. The molecule has 0 spiro atoms. The lowest BCUT2D eigenvalue weighted by molar-refractivity contribution is -0.147. The molecule has 2 aromatic carbocycles. The molecule has 0 heterocycles. The largest absolute Gasteiger partial charge is 0.496 e. The van der Waals surface area contributed by atoms with Gasteiger partial charge in [0.2, 0.25) is 0 Å². The molecule has 2 amide bonds. The SMILES string of the molecule is CCc1cccc(CC)c1NC(=O)COC(=O)CCNC(=O)c1ccccc1OC. The van der Waals surface area contributed by atoms with Gasteiger partial charge >= 0.3 is 5.97 Å². The van der Waals surface area contributed by atoms with Gasteiger partial charge in [0, 0.05) is 12.2 Å². The predicted octanol–water partition coefficient (Wildman–Crippen LogP) is 3.12. The number of carbonyl (C=O) groups excluding carboxylic acids is 3. The van der Waals surface area contributed by atoms with Crippen LogP contribution in [-0.4, -0.2) is 38.0 Å². The number of nitrogens with one attached hydrogen (secondary N) is 2. The van der Waals surface area contributed by atoms with Crippen LogP contribution >= 0.6 is 0 Å². The Labute approximate surface area is 176 Å². The van der Waals surface area contributed by atoms with E-state index in [1.807, 2.05) is 32.0 Å². The minimum Gasteiger partial charge on any atom is -0.496 e. The van der Waals surface area contributed by atoms with Crippen molar-refractivity contribution in [1.82, 2.24) is 5.32 Å². The van der Waals surface area contributed by atoms with Crippen LogP contribution in [0.15, 0.2) is 42.5 Å². The number of benzene rings is 2. The molecule has 0 atom stereocenters. The molecule has 2 rings (SSSR count). The fourth-order valence-electron chi connectivity index (χ4n) is 3.00. The summed E-state index contributed by atoms with van der Waals surface area (Å²) in [5.41, 5.74) is 3.24. The summed E-state index contributed by atoms with van der Waals surface area (Å²) in [5, 5.41) is 5.49. The summed E-state index contributed by atoms with van der Waals surface area (Å²) in [4.78, 5) is 36.3. The van der Waals surface area contributed by atoms with Crippen molar-refractivity contribution in [3.8, 4) is 5.75 Å². The average Bonchev–Trinajstić information content (AvgIpc) is 2.77. The van der Waals surface area contributed by atoms with Crippen LogP contribution in [0.3, 0.4) is 0 Å². The fraction of sp³-hybridized carbons (Fsp3) is 0.348. The lowest BCUT2D eigenvalue weighted by Gasteiger charge is -2.14. The molecule has 0 bridgehead atoms. The molecule has 0 radical (unpaired) electrons. The number of esters is 1. The van der Waals surface area contributed by atoms with Gasteiger partial charge in [0.25, 0.3) is 11.8 Å². The molecule has 0 aliphatic heterocycles. The van der Waals surface area contributed by atoms with Gasteiger partial charge in [0.05, 0.1) is 19.1 Å². The molecule has 7 heteroatoms. The summed E-state index contributed by atoms with van der Waals surface area (Å²) in [6.07, 6.45) is 1.53. The smallest absolute Gasteiger partial charge is 0.308 e. The van der Waals surface area contributed by atoms with Gasteiger partial charge in [0.1, 0.15) is 5.75 Å². The van der Waals surface area contributed by atoms with Crippen LogP contribution in [0.4, 0.5) is 5.69 Å². The van der Waals surface area contributed by atoms with Crippen LogP contribution < -0.4 is 15.4 Å². The highest BCUT2D eigenvalue weighted by atomic mass is 16.5. The summed E-state index contributed by atoms with van der Waals surface area (Å²) < 4.78 is 10.2. The van der Waals surface area contributed by atoms with E-state index in [1.165, 1.54) is 7.11 Å². The third kappa shape index (κ3) is 6.34. The normalized spacial score (nSPS) is 10.2. The van der Waals surface area contributed by atoms with E-state index in [0.717, 1.165) is 29.7 Å². The second-order valence-electron chi connectivity index (χ2n) is 6.57. The number of carbonyl (C=O) groups is 3. The molecule has 0 saturated heterocycles. The summed E-state index contributed by atoms with van der Waals surface area (Å²) >= 11 is 0. The monoisotopic (exact) mass is 412 g/mol. The molecule has 2 aromatic rings. The highest BCUT2D eigenvalue weighted by Gasteiger charge is 2.14. The van der Waals surface area contributed by atoms with Crippen molar-refractivity contribution >= 4 is 23.5 Å². The first-order valence-corrected chi connectivity index (χ1v) is 9.97. The van der Waals surface area contributed by atoms with Gasteiger partial charge in [-0.3, -0.25) is 14.4 Å². The van der Waals surface area contributed by atoms with Crippen molar-refractivity contribution in [1.29, 1.82) is 0 Å². The highest BCUT2D eigenvalue weighted by molar-refractivity contribution is 5.97. The van der Waals surface area contributed by atoms with E-state index >= 15 is 0 Å². The Bertz CT molecular complexity index is 873. The Morgan fingerprint density at radius 1 is 0.933 bits per heavy atom. The second-order valence-corrected chi connectivity index (χ2v) is 6.57. The van der Waals surface area contributed by atoms with Gasteiger partial charge in [-0.25, -0.2) is 0 Å². The first-order valence-electron chi connectivity index (χ1n) is 9.97. The molecule has 30 heavy (non-hydrogen) atoms. The zero-order valence-corrected chi connectivity index (χ0v) is 17.6. The molecular weight excluding hydrogens is 384 g/mol. The summed E-state index contributed by atoms with van der Waals surface area (Å²) in [7, 11) is 1.48. The first kappa shape index (κ1) is 22.9. The number of hydrogen-bond acceptors (Lipinski definition) is 5. The van der Waals surface area contributed by atoms with Crippen molar-refractivity contribution in [2.45, 2.75) is 33.1 Å². The van der Waals surface area contributed by atoms with Gasteiger partial charge in [-0.1, -0.05) is 44.2 Å². The minimum atomic E-state index is -0.565. The van der Waals surface area contributed by atoms with Gasteiger partial charge < -0.3 is 20.1 Å². The number of methoxy groups -OCH3 is 1. The van der Waals surface area contributed by atoms with Crippen LogP contribution in [0.5, 0.6) is 5.75 Å². The summed E-state index contributed by atoms with van der Waals surface area (Å²) in [6, 6.07) is 12.7. The molecule has 0 fully saturated rings. The van der Waals surface area contributed by atoms with Crippen LogP contribution in [-0.2, 0) is 27.2 Å². The van der Waals surface area contributed by atoms with Gasteiger partial charge in [-0.2, -0.15) is 0 Å². The van der Waals surface area contributed by atoms with Gasteiger partial charge in [-0.05, 0) is 36.1 Å². The van der Waals surface area contributed by atoms with E-state index < -0.39 is 11.9 Å². The number of ether oxygens (including phenoxy) is 2. The Hall–Kier alpha value is -3.35. The highest BCUT2D eigenvalue weighted by Crippen LogP contribution is 2.22. The van der Waals surface area contributed by atoms with Gasteiger partial charge in [0.15, 0.2) is 6.61 Å². The maximum absolute atomic E-state index is 12.2. The van der Waals surface area contributed by atoms with Crippen LogP contribution in [0.2, 0.25) is 0 Å². The van der Waals surface area contributed by atoms with Crippen LogP contribution in [0, 0.1) is 0 Å². The van der Waals surface area contributed by atoms with E-state index in [-0.39, 0.29) is 25.5 Å². The van der Waals surface area contributed by atoms with Crippen LogP contribution in [0.1, 0.15) is 41.8 Å². The third-order valence-electron chi connectivity index (χ3n) is 4.59. The van der Waals surface area contributed by atoms with Crippen molar-refractivity contribution < 1.29 is 23.9 Å². The molecular formula is C23H28N2O5. The zero-order valence-electron chi connectivity index (χ0n) is 17.6. The predicted molar refractivity (Wildman–Crippen MR) is 115 cm³/mol. The Kier molecular flexibility index (Phi) is 8.87. The molecule has 0 aliphatic carbocycles. The van der Waals surface area contributed by atoms with Crippen LogP contribution in [0.25, 0.3) is 0 Å². The average molecular weight is 412 g/mol. The fourth-order valence-corrected chi connectivity index (χ4v) is 3.00. The van der Waals surface area contributed by atoms with E-state index in [9.17, 15) is 14.4 Å². The van der Waals surface area contributed by atoms with E-state index in [1.54, 1.807) is 24.3 Å². The molecule has 2 N–H and O–H groups in total. The van der Waals surface area contributed by atoms with E-state index in [2.05, 4.69) is 10.6 Å². The molecule has 0 saturated carbocycles. The number of para-hydroxylation sites is 2. The van der Waals surface area contributed by atoms with Crippen molar-refractivity contribution in [3.63, 3.8) is 0 Å². The molecule has 7 nitrogen and oxygen atoms in total. The number of aryl methyl sites for hydroxylation is 2. The van der Waals surface area contributed by atoms with Gasteiger partial charge in [-0.15, -0.1) is 0 Å². The number of amides is 2. The standard InChI is InChI=1S/C23H28N2O5/c1-4-16-9-8-10-17(5-2)22(16)25-20(26)15-30-21(27)13-14-24-23(28)18-11-6-7-12-19(18)29-3/h6-12H,4-5,13-15H2,1-3H3,(H,24,28)(H,25,26). The van der Waals surface area contributed by atoms with Crippen molar-refractivity contribution in [3.05, 3.63) is 59.2 Å². The Morgan fingerprint density at radius 3 is 2.23 bits per heavy atom. The molecule has 0 aromatic heterocycles. The molecule has 0 aliphatic rings. The van der Waals surface area contributed by atoms with Crippen molar-refractivity contribution in [2.75, 3.05) is 25.6 Å². The van der Waals surface area contributed by atoms with E-state index in [4.69, 9.17) is 9.47 Å². The number of anilines is 1. The molecule has 0 unspecified atom stereocenters. The molecule has 160 valence electrons. The zero-order chi connectivity index (χ0) is 21.9. The maximum Gasteiger partial charge on any atom is 0.308 e.